The molecule has 0 aliphatic carbocycles. The Balaban J connectivity index is 0.907. The van der Waals surface area contributed by atoms with Crippen LogP contribution in [0.15, 0.2) is 170 Å². The Kier molecular flexibility index (Phi) is 6.57. The van der Waals surface area contributed by atoms with Crippen molar-refractivity contribution in [1.29, 1.82) is 0 Å². The molecule has 3 heterocycles. The molecule has 0 aliphatic heterocycles. The van der Waals surface area contributed by atoms with E-state index in [4.69, 9.17) is 0 Å². The van der Waals surface area contributed by atoms with Gasteiger partial charge in [-0.25, -0.2) is 0 Å². The summed E-state index contributed by atoms with van der Waals surface area (Å²) in [4.78, 5) is 0. The van der Waals surface area contributed by atoms with E-state index < -0.39 is 0 Å². The zero-order chi connectivity index (χ0) is 33.5. The molecule has 0 amide bonds. The second-order valence-corrected chi connectivity index (χ2v) is 16.5. The maximum atomic E-state index is 2.37. The molecule has 0 nitrogen and oxygen atoms in total. The summed E-state index contributed by atoms with van der Waals surface area (Å²) in [7, 11) is 0. The van der Waals surface area contributed by atoms with E-state index in [1.54, 1.807) is 0 Å². The Hall–Kier alpha value is -5.58. The SMILES string of the molecule is c1ccc2c(c1)sc1c(-c3ccc(-c4ccc5c(c4)sc4cc(-c6ccc(-c7cccc8sc9ccccc9c78)cc6)ccc45)cc3)cccc12. The van der Waals surface area contributed by atoms with Gasteiger partial charge in [-0.1, -0.05) is 140 Å². The number of rotatable bonds is 4. The number of hydrogen-bond acceptors (Lipinski definition) is 3. The molecular weight excluding hydrogens is 673 g/mol. The van der Waals surface area contributed by atoms with Gasteiger partial charge in [0.05, 0.1) is 0 Å². The fraction of sp³-hybridized carbons (Fsp3) is 0. The molecule has 3 aromatic heterocycles. The maximum absolute atomic E-state index is 2.37. The first-order chi connectivity index (χ1) is 25.2. The highest BCUT2D eigenvalue weighted by Gasteiger charge is 2.14. The zero-order valence-corrected chi connectivity index (χ0v) is 29.8. The summed E-state index contributed by atoms with van der Waals surface area (Å²) in [6.07, 6.45) is 0. The summed E-state index contributed by atoms with van der Waals surface area (Å²) in [6, 6.07) is 63.0. The summed E-state index contributed by atoms with van der Waals surface area (Å²) in [6.45, 7) is 0. The lowest BCUT2D eigenvalue weighted by Gasteiger charge is -2.07. The topological polar surface area (TPSA) is 0 Å². The van der Waals surface area contributed by atoms with Crippen molar-refractivity contribution < 1.29 is 0 Å². The van der Waals surface area contributed by atoms with Crippen molar-refractivity contribution in [3.05, 3.63) is 170 Å². The Bertz CT molecular complexity index is 3120. The first-order valence-corrected chi connectivity index (χ1v) is 19.7. The highest BCUT2D eigenvalue weighted by Crippen LogP contribution is 2.43. The van der Waals surface area contributed by atoms with E-state index >= 15 is 0 Å². The second kappa shape index (κ2) is 11.5. The molecular formula is C48H28S3. The lowest BCUT2D eigenvalue weighted by atomic mass is 9.96. The van der Waals surface area contributed by atoms with Gasteiger partial charge >= 0.3 is 0 Å². The molecule has 0 unspecified atom stereocenters. The van der Waals surface area contributed by atoms with Gasteiger partial charge in [0.2, 0.25) is 0 Å². The molecule has 0 N–H and O–H groups in total. The average molecular weight is 701 g/mol. The smallest absolute Gasteiger partial charge is 0.0433 e. The van der Waals surface area contributed by atoms with Crippen molar-refractivity contribution in [1.82, 2.24) is 0 Å². The molecule has 0 saturated heterocycles. The van der Waals surface area contributed by atoms with Crippen LogP contribution in [-0.4, -0.2) is 0 Å². The summed E-state index contributed by atoms with van der Waals surface area (Å²) < 4.78 is 8.03. The summed E-state index contributed by atoms with van der Waals surface area (Å²) >= 11 is 5.65. The van der Waals surface area contributed by atoms with E-state index in [0.717, 1.165) is 0 Å². The molecule has 0 aliphatic rings. The molecule has 0 atom stereocenters. The van der Waals surface area contributed by atoms with Crippen molar-refractivity contribution in [3.8, 4) is 44.5 Å². The first kappa shape index (κ1) is 29.2. The summed E-state index contributed by atoms with van der Waals surface area (Å²) in [5.41, 5.74) is 10.1. The average Bonchev–Trinajstić information content (AvgIpc) is 3.88. The number of thiophene rings is 3. The largest absolute Gasteiger partial charge is 0.135 e. The van der Waals surface area contributed by atoms with E-state index in [1.165, 1.54) is 105 Å². The van der Waals surface area contributed by atoms with Crippen molar-refractivity contribution in [2.24, 2.45) is 0 Å². The van der Waals surface area contributed by atoms with E-state index in [-0.39, 0.29) is 0 Å². The third-order valence-electron chi connectivity index (χ3n) is 10.3. The van der Waals surface area contributed by atoms with Crippen LogP contribution < -0.4 is 0 Å². The minimum absolute atomic E-state index is 1.24. The molecule has 3 heteroatoms. The van der Waals surface area contributed by atoms with Gasteiger partial charge in [-0.3, -0.25) is 0 Å². The van der Waals surface area contributed by atoms with Gasteiger partial charge in [-0.15, -0.1) is 34.0 Å². The predicted molar refractivity (Wildman–Crippen MR) is 227 cm³/mol. The predicted octanol–water partition coefficient (Wildman–Crippen LogP) is 15.5. The number of hydrogen-bond donors (Lipinski definition) is 0. The van der Waals surface area contributed by atoms with Crippen molar-refractivity contribution in [3.63, 3.8) is 0 Å². The zero-order valence-electron chi connectivity index (χ0n) is 27.4. The van der Waals surface area contributed by atoms with Crippen LogP contribution in [0.5, 0.6) is 0 Å². The third-order valence-corrected chi connectivity index (χ3v) is 13.8. The summed E-state index contributed by atoms with van der Waals surface area (Å²) in [5.74, 6) is 0. The van der Waals surface area contributed by atoms with Gasteiger partial charge in [-0.05, 0) is 74.8 Å². The molecule has 0 fully saturated rings. The van der Waals surface area contributed by atoms with Gasteiger partial charge in [0.15, 0.2) is 0 Å². The Morgan fingerprint density at radius 3 is 1.39 bits per heavy atom. The van der Waals surface area contributed by atoms with Gasteiger partial charge in [-0.2, -0.15) is 0 Å². The maximum Gasteiger partial charge on any atom is 0.0433 e. The third kappa shape index (κ3) is 4.70. The van der Waals surface area contributed by atoms with Crippen molar-refractivity contribution in [2.75, 3.05) is 0 Å². The van der Waals surface area contributed by atoms with E-state index in [1.807, 2.05) is 34.0 Å². The fourth-order valence-electron chi connectivity index (χ4n) is 7.81. The second-order valence-electron chi connectivity index (χ2n) is 13.2. The number of benzene rings is 8. The highest BCUT2D eigenvalue weighted by atomic mass is 32.1. The molecule has 0 saturated carbocycles. The molecule has 51 heavy (non-hydrogen) atoms. The van der Waals surface area contributed by atoms with Crippen LogP contribution in [0.2, 0.25) is 0 Å². The van der Waals surface area contributed by atoms with E-state index in [9.17, 15) is 0 Å². The fourth-order valence-corrected chi connectivity index (χ4v) is 11.4. The van der Waals surface area contributed by atoms with Crippen molar-refractivity contribution >= 4 is 94.5 Å². The summed E-state index contributed by atoms with van der Waals surface area (Å²) in [5, 5.41) is 8.03. The molecule has 8 aromatic carbocycles. The van der Waals surface area contributed by atoms with Crippen LogP contribution in [-0.2, 0) is 0 Å². The standard InChI is InChI=1S/C48H28S3/c1-3-12-42-37(7-1)40-11-5-10-36(48(40)51-42)32-21-17-30(18-22-32)34-24-26-39-38-25-23-33(27-45(38)50-46(39)28-34)29-15-19-31(20-16-29)35-9-6-14-44-47(35)41-8-2-4-13-43(41)49-44/h1-28H. The van der Waals surface area contributed by atoms with Gasteiger partial charge < -0.3 is 0 Å². The van der Waals surface area contributed by atoms with Crippen LogP contribution in [0, 0.1) is 0 Å². The van der Waals surface area contributed by atoms with Gasteiger partial charge in [0.25, 0.3) is 0 Å². The Morgan fingerprint density at radius 1 is 0.255 bits per heavy atom. The van der Waals surface area contributed by atoms with Crippen LogP contribution in [0.3, 0.4) is 0 Å². The van der Waals surface area contributed by atoms with Crippen LogP contribution in [0.1, 0.15) is 0 Å². The molecule has 238 valence electrons. The van der Waals surface area contributed by atoms with Gasteiger partial charge in [0.1, 0.15) is 0 Å². The van der Waals surface area contributed by atoms with Gasteiger partial charge in [0, 0.05) is 60.5 Å². The first-order valence-electron chi connectivity index (χ1n) is 17.2. The van der Waals surface area contributed by atoms with Crippen LogP contribution in [0.25, 0.3) is 105 Å². The minimum atomic E-state index is 1.24. The van der Waals surface area contributed by atoms with Crippen LogP contribution >= 0.6 is 34.0 Å². The highest BCUT2D eigenvalue weighted by molar-refractivity contribution is 7.27. The van der Waals surface area contributed by atoms with E-state index in [0.29, 0.717) is 0 Å². The lowest BCUT2D eigenvalue weighted by Crippen LogP contribution is -1.82. The lowest BCUT2D eigenvalue weighted by molar-refractivity contribution is 1.63. The number of fused-ring (bicyclic) bond motifs is 9. The van der Waals surface area contributed by atoms with E-state index in [2.05, 4.69) is 170 Å². The van der Waals surface area contributed by atoms with Crippen molar-refractivity contribution in [2.45, 2.75) is 0 Å². The molecule has 0 bridgehead atoms. The molecule has 11 aromatic rings. The monoisotopic (exact) mass is 700 g/mol. The molecule has 0 spiro atoms. The molecule has 0 radical (unpaired) electrons. The molecule has 11 rings (SSSR count). The Morgan fingerprint density at radius 2 is 0.706 bits per heavy atom. The minimum Gasteiger partial charge on any atom is -0.135 e. The Labute approximate surface area is 307 Å². The van der Waals surface area contributed by atoms with Crippen LogP contribution in [0.4, 0.5) is 0 Å². The quantitative estimate of drug-likeness (QED) is 0.171. The normalized spacial score (nSPS) is 11.9.